The lowest BCUT2D eigenvalue weighted by Crippen LogP contribution is -2.53. The first kappa shape index (κ1) is 36.8. The molecule has 4 saturated carbocycles. The van der Waals surface area contributed by atoms with Gasteiger partial charge in [-0.05, 0) is 155 Å². The fourth-order valence-electron chi connectivity index (χ4n) is 11.4. The number of ether oxygens (including phenoxy) is 1. The molecule has 0 aromatic carbocycles. The lowest BCUT2D eigenvalue weighted by Gasteiger charge is -2.61. The molecule has 0 N–H and O–H groups in total. The molecule has 1 unspecified atom stereocenters. The van der Waals surface area contributed by atoms with Crippen LogP contribution in [0.2, 0.25) is 0 Å². The highest BCUT2D eigenvalue weighted by atomic mass is 16.5. The fourth-order valence-corrected chi connectivity index (χ4v) is 11.4. The minimum absolute atomic E-state index is 0.0506. The lowest BCUT2D eigenvalue weighted by atomic mass is 9.44. The van der Waals surface area contributed by atoms with Crippen LogP contribution in [0.15, 0.2) is 24.0 Å². The smallest absolute Gasteiger partial charge is 0.310 e. The van der Waals surface area contributed by atoms with E-state index in [4.69, 9.17) is 4.74 Å². The standard InChI is InChI=1S/C43H74O2/c1-6-7-8-9-10-11-12-13-14-15-16-17-18-25-41(44)45-33-34(2)22-21-23-35(3)38-28-29-39-37-27-26-36-24-19-20-31-42(36,4)40(37)30-32-43(38,39)5/h11-12,33,35-40H,6-10,13-32H2,1-5H3/b12-11-,34-33?/t35-,36?,37+,38-,39+,40+,42+,43-/m1/s1. The van der Waals surface area contributed by atoms with Gasteiger partial charge in [-0.15, -0.1) is 0 Å². The molecule has 0 amide bonds. The van der Waals surface area contributed by atoms with E-state index in [2.05, 4.69) is 46.8 Å². The molecule has 258 valence electrons. The quantitative estimate of drug-likeness (QED) is 0.0620. The molecule has 4 rings (SSSR count). The highest BCUT2D eigenvalue weighted by Gasteiger charge is 2.60. The average Bonchev–Trinajstić information content (AvgIpc) is 3.39. The van der Waals surface area contributed by atoms with E-state index in [0.29, 0.717) is 17.3 Å². The molecule has 0 radical (unpaired) electrons. The van der Waals surface area contributed by atoms with Crippen molar-refractivity contribution in [1.82, 2.24) is 0 Å². The number of hydrogen-bond donors (Lipinski definition) is 0. The van der Waals surface area contributed by atoms with E-state index in [9.17, 15) is 4.79 Å². The van der Waals surface area contributed by atoms with Crippen molar-refractivity contribution < 1.29 is 9.53 Å². The molecule has 0 saturated heterocycles. The van der Waals surface area contributed by atoms with E-state index in [-0.39, 0.29) is 5.97 Å². The van der Waals surface area contributed by atoms with Crippen molar-refractivity contribution in [3.05, 3.63) is 24.0 Å². The van der Waals surface area contributed by atoms with Gasteiger partial charge >= 0.3 is 5.97 Å². The molecule has 4 aliphatic carbocycles. The van der Waals surface area contributed by atoms with Gasteiger partial charge < -0.3 is 4.74 Å². The van der Waals surface area contributed by atoms with Gasteiger partial charge in [0.2, 0.25) is 0 Å². The van der Waals surface area contributed by atoms with Crippen LogP contribution in [0.25, 0.3) is 0 Å². The molecule has 4 fully saturated rings. The maximum atomic E-state index is 12.3. The number of esters is 1. The summed E-state index contributed by atoms with van der Waals surface area (Å²) in [4.78, 5) is 12.3. The molecule has 0 aromatic rings. The van der Waals surface area contributed by atoms with Gasteiger partial charge in [0.1, 0.15) is 0 Å². The van der Waals surface area contributed by atoms with E-state index in [1.165, 1.54) is 140 Å². The van der Waals surface area contributed by atoms with Gasteiger partial charge in [-0.2, -0.15) is 0 Å². The molecule has 2 heteroatoms. The summed E-state index contributed by atoms with van der Waals surface area (Å²) >= 11 is 0. The van der Waals surface area contributed by atoms with Crippen LogP contribution >= 0.6 is 0 Å². The summed E-state index contributed by atoms with van der Waals surface area (Å²) < 4.78 is 5.54. The fraction of sp³-hybridized carbons (Fsp3) is 0.884. The number of unbranched alkanes of at least 4 members (excludes halogenated alkanes) is 9. The summed E-state index contributed by atoms with van der Waals surface area (Å²) in [7, 11) is 0. The predicted octanol–water partition coefficient (Wildman–Crippen LogP) is 13.5. The van der Waals surface area contributed by atoms with Crippen LogP contribution in [0.3, 0.4) is 0 Å². The molecule has 2 nitrogen and oxygen atoms in total. The third kappa shape index (κ3) is 9.98. The molecule has 45 heavy (non-hydrogen) atoms. The Morgan fingerprint density at radius 1 is 0.756 bits per heavy atom. The third-order valence-electron chi connectivity index (χ3n) is 14.1. The normalized spacial score (nSPS) is 33.9. The van der Waals surface area contributed by atoms with Gasteiger partial charge in [0.05, 0.1) is 6.26 Å². The van der Waals surface area contributed by atoms with Crippen molar-refractivity contribution in [3.63, 3.8) is 0 Å². The summed E-state index contributed by atoms with van der Waals surface area (Å²) in [6.45, 7) is 12.4. The van der Waals surface area contributed by atoms with Crippen LogP contribution < -0.4 is 0 Å². The summed E-state index contributed by atoms with van der Waals surface area (Å²) in [5, 5.41) is 0. The number of hydrogen-bond acceptors (Lipinski definition) is 2. The molecule has 8 atom stereocenters. The molecule has 0 aromatic heterocycles. The van der Waals surface area contributed by atoms with Gasteiger partial charge in [-0.1, -0.05) is 97.6 Å². The van der Waals surface area contributed by atoms with E-state index in [1.807, 2.05) is 0 Å². The van der Waals surface area contributed by atoms with Crippen LogP contribution in [0.4, 0.5) is 0 Å². The lowest BCUT2D eigenvalue weighted by molar-refractivity contribution is -0.138. The third-order valence-corrected chi connectivity index (χ3v) is 14.1. The molecule has 4 aliphatic rings. The van der Waals surface area contributed by atoms with Crippen LogP contribution in [-0.4, -0.2) is 5.97 Å². The van der Waals surface area contributed by atoms with Crippen molar-refractivity contribution in [2.24, 2.45) is 46.3 Å². The van der Waals surface area contributed by atoms with Crippen LogP contribution in [0.1, 0.15) is 195 Å². The molecule has 0 spiro atoms. The Hall–Kier alpha value is -1.05. The SMILES string of the molecule is CCCCCC/C=C\CCCCCCCC(=O)OC=C(C)CCC[C@@H](C)[C@H]1CC[C@H]2[C@@H]3CCC4CCCC[C@]4(C)[C@H]3CC[C@]12C. The van der Waals surface area contributed by atoms with E-state index >= 15 is 0 Å². The number of carbonyl (C=O) groups is 1. The van der Waals surface area contributed by atoms with Crippen LogP contribution in [0.5, 0.6) is 0 Å². The second-order valence-corrected chi connectivity index (χ2v) is 17.1. The zero-order valence-electron chi connectivity index (χ0n) is 30.7. The number of fused-ring (bicyclic) bond motifs is 5. The van der Waals surface area contributed by atoms with Crippen molar-refractivity contribution in [3.8, 4) is 0 Å². The maximum absolute atomic E-state index is 12.3. The Labute approximate surface area is 280 Å². The van der Waals surface area contributed by atoms with Gasteiger partial charge in [-0.25, -0.2) is 0 Å². The highest BCUT2D eigenvalue weighted by molar-refractivity contribution is 5.69. The van der Waals surface area contributed by atoms with E-state index in [0.717, 1.165) is 54.8 Å². The molecular formula is C43H74O2. The minimum Gasteiger partial charge on any atom is -0.435 e. The number of rotatable bonds is 19. The van der Waals surface area contributed by atoms with Crippen molar-refractivity contribution in [2.45, 2.75) is 195 Å². The first-order valence-electron chi connectivity index (χ1n) is 20.3. The summed E-state index contributed by atoms with van der Waals surface area (Å²) in [6.07, 6.45) is 39.4. The molecular weight excluding hydrogens is 548 g/mol. The Bertz CT molecular complexity index is 932. The summed E-state index contributed by atoms with van der Waals surface area (Å²) in [6, 6.07) is 0. The zero-order chi connectivity index (χ0) is 32.1. The highest BCUT2D eigenvalue weighted by Crippen LogP contribution is 2.68. The monoisotopic (exact) mass is 623 g/mol. The predicted molar refractivity (Wildman–Crippen MR) is 193 cm³/mol. The Kier molecular flexibility index (Phi) is 15.1. The second kappa shape index (κ2) is 18.5. The minimum atomic E-state index is -0.0506. The Morgan fingerprint density at radius 3 is 2.24 bits per heavy atom. The molecule has 0 heterocycles. The van der Waals surface area contributed by atoms with Gasteiger partial charge in [-0.3, -0.25) is 4.79 Å². The summed E-state index contributed by atoms with van der Waals surface area (Å²) in [5.74, 6) is 5.70. The number of carbonyl (C=O) groups excluding carboxylic acids is 1. The largest absolute Gasteiger partial charge is 0.435 e. The van der Waals surface area contributed by atoms with Crippen molar-refractivity contribution in [2.75, 3.05) is 0 Å². The van der Waals surface area contributed by atoms with Crippen LogP contribution in [0, 0.1) is 46.3 Å². The first-order chi connectivity index (χ1) is 21.8. The average molecular weight is 623 g/mol. The van der Waals surface area contributed by atoms with Gasteiger partial charge in [0.25, 0.3) is 0 Å². The van der Waals surface area contributed by atoms with Crippen LogP contribution in [-0.2, 0) is 9.53 Å². The molecule has 0 aliphatic heterocycles. The zero-order valence-corrected chi connectivity index (χ0v) is 30.7. The van der Waals surface area contributed by atoms with Gasteiger partial charge in [0, 0.05) is 6.42 Å². The van der Waals surface area contributed by atoms with Gasteiger partial charge in [0.15, 0.2) is 0 Å². The van der Waals surface area contributed by atoms with E-state index in [1.54, 1.807) is 6.26 Å². The molecule has 0 bridgehead atoms. The van der Waals surface area contributed by atoms with Crippen molar-refractivity contribution in [1.29, 1.82) is 0 Å². The van der Waals surface area contributed by atoms with E-state index < -0.39 is 0 Å². The maximum Gasteiger partial charge on any atom is 0.310 e. The summed E-state index contributed by atoms with van der Waals surface area (Å²) in [5.41, 5.74) is 2.45. The Balaban J connectivity index is 1.07. The second-order valence-electron chi connectivity index (χ2n) is 17.1. The first-order valence-corrected chi connectivity index (χ1v) is 20.3. The van der Waals surface area contributed by atoms with Crippen molar-refractivity contribution >= 4 is 5.97 Å². The topological polar surface area (TPSA) is 26.3 Å². The Morgan fingerprint density at radius 2 is 1.47 bits per heavy atom. The number of allylic oxidation sites excluding steroid dienone is 3.